The normalized spacial score (nSPS) is 15.0. The smallest absolute Gasteiger partial charge is 0.229 e. The van der Waals surface area contributed by atoms with E-state index in [9.17, 15) is 0 Å². The highest BCUT2D eigenvalue weighted by Crippen LogP contribution is 2.23. The van der Waals surface area contributed by atoms with E-state index in [-0.39, 0.29) is 0 Å². The summed E-state index contributed by atoms with van der Waals surface area (Å²) >= 11 is 0. The zero-order chi connectivity index (χ0) is 20.6. The summed E-state index contributed by atoms with van der Waals surface area (Å²) in [5, 5.41) is 16.1. The van der Waals surface area contributed by atoms with Crippen molar-refractivity contribution in [2.75, 3.05) is 18.5 Å². The van der Waals surface area contributed by atoms with Crippen molar-refractivity contribution >= 4 is 33.8 Å². The molecule has 6 rings (SSSR count). The van der Waals surface area contributed by atoms with Crippen molar-refractivity contribution in [3.8, 4) is 5.69 Å². The third kappa shape index (κ3) is 3.34. The predicted molar refractivity (Wildman–Crippen MR) is 112 cm³/mol. The van der Waals surface area contributed by atoms with Crippen LogP contribution in [0.15, 0.2) is 49.2 Å². The van der Waals surface area contributed by atoms with E-state index in [1.165, 1.54) is 0 Å². The molecule has 1 aliphatic rings. The van der Waals surface area contributed by atoms with Gasteiger partial charge in [-0.15, -0.1) is 5.10 Å². The SMILES string of the molecule is c1cnc2cc(-n3nnc4cnc(Nc5cnn(C6CCOCC6)c5)nc43)ccc2n1. The zero-order valence-electron chi connectivity index (χ0n) is 16.5. The van der Waals surface area contributed by atoms with Gasteiger partial charge in [0, 0.05) is 31.8 Å². The van der Waals surface area contributed by atoms with Crippen LogP contribution in [-0.2, 0) is 4.74 Å². The van der Waals surface area contributed by atoms with E-state index in [2.05, 4.69) is 40.7 Å². The van der Waals surface area contributed by atoms with Gasteiger partial charge in [-0.2, -0.15) is 14.8 Å². The van der Waals surface area contributed by atoms with Gasteiger partial charge >= 0.3 is 0 Å². The zero-order valence-corrected chi connectivity index (χ0v) is 16.5. The molecule has 154 valence electrons. The van der Waals surface area contributed by atoms with Crippen LogP contribution in [0.4, 0.5) is 11.6 Å². The van der Waals surface area contributed by atoms with Crippen LogP contribution in [0, 0.1) is 0 Å². The largest absolute Gasteiger partial charge is 0.381 e. The maximum atomic E-state index is 5.43. The van der Waals surface area contributed by atoms with Crippen LogP contribution >= 0.6 is 0 Å². The quantitative estimate of drug-likeness (QED) is 0.472. The minimum atomic E-state index is 0.356. The van der Waals surface area contributed by atoms with E-state index in [4.69, 9.17) is 4.74 Å². The molecule has 0 aliphatic carbocycles. The summed E-state index contributed by atoms with van der Waals surface area (Å²) in [6, 6.07) is 6.08. The molecule has 0 unspecified atom stereocenters. The van der Waals surface area contributed by atoms with Crippen LogP contribution in [0.5, 0.6) is 0 Å². The molecule has 1 fully saturated rings. The first-order valence-electron chi connectivity index (χ1n) is 10.0. The third-order valence-electron chi connectivity index (χ3n) is 5.31. The molecule has 11 heteroatoms. The first kappa shape index (κ1) is 17.8. The lowest BCUT2D eigenvalue weighted by atomic mass is 10.1. The van der Waals surface area contributed by atoms with Gasteiger partial charge in [-0.1, -0.05) is 5.21 Å². The molecule has 0 saturated carbocycles. The Hall–Kier alpha value is -3.99. The second-order valence-electron chi connectivity index (χ2n) is 7.31. The molecule has 0 bridgehead atoms. The molecule has 11 nitrogen and oxygen atoms in total. The number of nitrogens with one attached hydrogen (secondary N) is 1. The molecule has 5 heterocycles. The first-order valence-corrected chi connectivity index (χ1v) is 10.0. The number of hydrogen-bond acceptors (Lipinski definition) is 9. The Morgan fingerprint density at radius 1 is 0.968 bits per heavy atom. The number of benzene rings is 1. The van der Waals surface area contributed by atoms with Gasteiger partial charge in [0.1, 0.15) is 0 Å². The van der Waals surface area contributed by atoms with Crippen LogP contribution in [0.25, 0.3) is 27.9 Å². The van der Waals surface area contributed by atoms with E-state index in [0.29, 0.717) is 23.2 Å². The molecule has 31 heavy (non-hydrogen) atoms. The average molecular weight is 414 g/mol. The number of nitrogens with zero attached hydrogens (tertiary/aromatic N) is 9. The van der Waals surface area contributed by atoms with Crippen LogP contribution < -0.4 is 5.32 Å². The predicted octanol–water partition coefficient (Wildman–Crippen LogP) is 2.45. The molecule has 5 aromatic rings. The summed E-state index contributed by atoms with van der Waals surface area (Å²) in [5.74, 6) is 0.447. The molecule has 0 amide bonds. The van der Waals surface area contributed by atoms with Gasteiger partial charge in [0.05, 0.1) is 40.8 Å². The average Bonchev–Trinajstić information content (AvgIpc) is 3.46. The Balaban J connectivity index is 1.31. The second-order valence-corrected chi connectivity index (χ2v) is 7.31. The van der Waals surface area contributed by atoms with Gasteiger partial charge < -0.3 is 10.1 Å². The summed E-state index contributed by atoms with van der Waals surface area (Å²) in [6.07, 6.45) is 10.7. The number of ether oxygens (including phenoxy) is 1. The molecule has 0 atom stereocenters. The van der Waals surface area contributed by atoms with Gasteiger partial charge in [-0.25, -0.2) is 4.98 Å². The molecule has 4 aromatic heterocycles. The van der Waals surface area contributed by atoms with Crippen LogP contribution in [0.2, 0.25) is 0 Å². The maximum absolute atomic E-state index is 5.43. The lowest BCUT2D eigenvalue weighted by Crippen LogP contribution is -2.19. The topological polar surface area (TPSA) is 121 Å². The maximum Gasteiger partial charge on any atom is 0.229 e. The highest BCUT2D eigenvalue weighted by atomic mass is 16.5. The minimum absolute atomic E-state index is 0.356. The lowest BCUT2D eigenvalue weighted by Gasteiger charge is -2.22. The van der Waals surface area contributed by atoms with Crippen molar-refractivity contribution in [2.45, 2.75) is 18.9 Å². The highest BCUT2D eigenvalue weighted by Gasteiger charge is 2.17. The van der Waals surface area contributed by atoms with Crippen molar-refractivity contribution in [1.29, 1.82) is 0 Å². The monoisotopic (exact) mass is 414 g/mol. The van der Waals surface area contributed by atoms with E-state index in [1.807, 2.05) is 29.1 Å². The van der Waals surface area contributed by atoms with Crippen molar-refractivity contribution in [3.05, 3.63) is 49.2 Å². The van der Waals surface area contributed by atoms with E-state index in [0.717, 1.165) is 48.5 Å². The summed E-state index contributed by atoms with van der Waals surface area (Å²) < 4.78 is 9.08. The van der Waals surface area contributed by atoms with Gasteiger partial charge in [0.15, 0.2) is 11.2 Å². The standard InChI is InChI=1S/C20H18N10O/c1-2-16-17(22-6-5-21-16)9-15(1)30-19-18(27-28-30)11-23-20(26-19)25-13-10-24-29(12-13)14-3-7-31-8-4-14/h1-2,5-6,9-12,14H,3-4,7-8H2,(H,23,25,26). The minimum Gasteiger partial charge on any atom is -0.381 e. The molecular formula is C20H18N10O. The number of hydrogen-bond donors (Lipinski definition) is 1. The summed E-state index contributed by atoms with van der Waals surface area (Å²) in [6.45, 7) is 1.54. The molecule has 1 saturated heterocycles. The molecule has 1 aromatic carbocycles. The number of fused-ring (bicyclic) bond motifs is 2. The molecule has 0 radical (unpaired) electrons. The Morgan fingerprint density at radius 3 is 2.74 bits per heavy atom. The van der Waals surface area contributed by atoms with E-state index in [1.54, 1.807) is 29.5 Å². The van der Waals surface area contributed by atoms with E-state index >= 15 is 0 Å². The van der Waals surface area contributed by atoms with Gasteiger partial charge in [-0.3, -0.25) is 14.6 Å². The Kier molecular flexibility index (Phi) is 4.24. The number of aromatic nitrogens is 9. The van der Waals surface area contributed by atoms with Crippen LogP contribution in [0.1, 0.15) is 18.9 Å². The van der Waals surface area contributed by atoms with Gasteiger partial charge in [0.25, 0.3) is 0 Å². The van der Waals surface area contributed by atoms with E-state index < -0.39 is 0 Å². The summed E-state index contributed by atoms with van der Waals surface area (Å²) in [4.78, 5) is 17.7. The number of anilines is 2. The Morgan fingerprint density at radius 2 is 1.84 bits per heavy atom. The molecule has 1 N–H and O–H groups in total. The van der Waals surface area contributed by atoms with Gasteiger partial charge in [0.2, 0.25) is 5.95 Å². The van der Waals surface area contributed by atoms with Crippen molar-refractivity contribution in [1.82, 2.24) is 44.7 Å². The molecule has 0 spiro atoms. The van der Waals surface area contributed by atoms with Crippen molar-refractivity contribution in [3.63, 3.8) is 0 Å². The third-order valence-corrected chi connectivity index (χ3v) is 5.31. The fourth-order valence-corrected chi connectivity index (χ4v) is 3.73. The Bertz CT molecular complexity index is 1370. The van der Waals surface area contributed by atoms with Crippen LogP contribution in [-0.4, -0.2) is 57.9 Å². The van der Waals surface area contributed by atoms with Gasteiger partial charge in [-0.05, 0) is 31.0 Å². The van der Waals surface area contributed by atoms with Crippen molar-refractivity contribution < 1.29 is 4.74 Å². The second kappa shape index (κ2) is 7.36. The molecular weight excluding hydrogens is 396 g/mol. The fraction of sp³-hybridized carbons (Fsp3) is 0.250. The van der Waals surface area contributed by atoms with Crippen LogP contribution in [0.3, 0.4) is 0 Å². The summed E-state index contributed by atoms with van der Waals surface area (Å²) in [5.41, 5.74) is 4.41. The molecule has 1 aliphatic heterocycles. The highest BCUT2D eigenvalue weighted by molar-refractivity contribution is 5.78. The fourth-order valence-electron chi connectivity index (χ4n) is 3.73. The summed E-state index contributed by atoms with van der Waals surface area (Å²) in [7, 11) is 0. The van der Waals surface area contributed by atoms with Crippen molar-refractivity contribution in [2.24, 2.45) is 0 Å². The number of rotatable bonds is 4. The lowest BCUT2D eigenvalue weighted by molar-refractivity contribution is 0.0662. The first-order chi connectivity index (χ1) is 15.3. The Labute approximate surface area is 176 Å².